The Balaban J connectivity index is 2.21. The van der Waals surface area contributed by atoms with Crippen LogP contribution in [0.5, 0.6) is 5.75 Å². The first-order chi connectivity index (χ1) is 8.08. The number of hydrogen-bond acceptors (Lipinski definition) is 3. The summed E-state index contributed by atoms with van der Waals surface area (Å²) < 4.78 is 0. The average Bonchev–Trinajstić information content (AvgIpc) is 2.28. The van der Waals surface area contributed by atoms with Crippen molar-refractivity contribution >= 4 is 5.91 Å². The van der Waals surface area contributed by atoms with Gasteiger partial charge in [-0.1, -0.05) is 12.1 Å². The van der Waals surface area contributed by atoms with Crippen molar-refractivity contribution in [1.82, 2.24) is 5.32 Å². The maximum absolute atomic E-state index is 10.6. The zero-order valence-electron chi connectivity index (χ0n) is 10.1. The number of amides is 1. The van der Waals surface area contributed by atoms with E-state index in [4.69, 9.17) is 10.8 Å². The smallest absolute Gasteiger partial charge is 0.218 e. The summed E-state index contributed by atoms with van der Waals surface area (Å²) in [4.78, 5) is 10.6. The molecule has 4 N–H and O–H groups in total. The van der Waals surface area contributed by atoms with Crippen LogP contribution in [0.2, 0.25) is 0 Å². The lowest BCUT2D eigenvalue weighted by Gasteiger charge is -2.12. The third-order valence-corrected chi connectivity index (χ3v) is 2.67. The van der Waals surface area contributed by atoms with Gasteiger partial charge in [-0.05, 0) is 37.5 Å². The highest BCUT2D eigenvalue weighted by Gasteiger charge is 2.03. The van der Waals surface area contributed by atoms with E-state index in [1.165, 1.54) is 5.56 Å². The molecule has 0 radical (unpaired) electrons. The van der Waals surface area contributed by atoms with Crippen LogP contribution < -0.4 is 11.1 Å². The molecule has 0 spiro atoms. The minimum Gasteiger partial charge on any atom is -0.508 e. The SMILES string of the molecule is CC(CCc1ccc(O)cc1)NCCC(N)=O. The van der Waals surface area contributed by atoms with E-state index in [1.807, 2.05) is 12.1 Å². The van der Waals surface area contributed by atoms with Crippen LogP contribution in [0.1, 0.15) is 25.3 Å². The first-order valence-corrected chi connectivity index (χ1v) is 5.87. The topological polar surface area (TPSA) is 75.3 Å². The van der Waals surface area contributed by atoms with E-state index in [9.17, 15) is 4.79 Å². The first kappa shape index (κ1) is 13.5. The summed E-state index contributed by atoms with van der Waals surface area (Å²) in [5.74, 6) is 0.0182. The van der Waals surface area contributed by atoms with E-state index < -0.39 is 0 Å². The average molecular weight is 236 g/mol. The Morgan fingerprint density at radius 2 is 2.06 bits per heavy atom. The molecule has 0 aliphatic carbocycles. The summed E-state index contributed by atoms with van der Waals surface area (Å²) in [5.41, 5.74) is 6.26. The Labute approximate surface area is 102 Å². The van der Waals surface area contributed by atoms with Gasteiger partial charge in [0.1, 0.15) is 5.75 Å². The Bertz CT molecular complexity index is 349. The molecular weight excluding hydrogens is 216 g/mol. The van der Waals surface area contributed by atoms with Crippen molar-refractivity contribution in [2.45, 2.75) is 32.2 Å². The molecule has 1 aromatic rings. The van der Waals surface area contributed by atoms with Crippen LogP contribution in [-0.4, -0.2) is 23.6 Å². The Hall–Kier alpha value is -1.55. The van der Waals surface area contributed by atoms with Gasteiger partial charge >= 0.3 is 0 Å². The predicted octanol–water partition coefficient (Wildman–Crippen LogP) is 1.18. The molecule has 94 valence electrons. The van der Waals surface area contributed by atoms with Gasteiger partial charge in [0.05, 0.1) is 0 Å². The van der Waals surface area contributed by atoms with E-state index in [0.29, 0.717) is 24.8 Å². The molecule has 0 heterocycles. The van der Waals surface area contributed by atoms with Crippen molar-refractivity contribution in [3.05, 3.63) is 29.8 Å². The van der Waals surface area contributed by atoms with Crippen molar-refractivity contribution < 1.29 is 9.90 Å². The summed E-state index contributed by atoms with van der Waals surface area (Å²) in [6, 6.07) is 7.58. The van der Waals surface area contributed by atoms with Crippen LogP contribution in [0, 0.1) is 0 Å². The molecule has 0 aromatic heterocycles. The zero-order chi connectivity index (χ0) is 12.7. The molecule has 1 aromatic carbocycles. The van der Waals surface area contributed by atoms with Crippen molar-refractivity contribution in [2.75, 3.05) is 6.54 Å². The number of phenols is 1. The lowest BCUT2D eigenvalue weighted by Crippen LogP contribution is -2.30. The van der Waals surface area contributed by atoms with Crippen molar-refractivity contribution in [1.29, 1.82) is 0 Å². The molecule has 0 aliphatic rings. The number of nitrogens with one attached hydrogen (secondary N) is 1. The number of rotatable bonds is 7. The second-order valence-electron chi connectivity index (χ2n) is 4.28. The highest BCUT2D eigenvalue weighted by molar-refractivity contribution is 5.73. The molecule has 0 saturated carbocycles. The third-order valence-electron chi connectivity index (χ3n) is 2.67. The molecule has 1 amide bonds. The Kier molecular flexibility index (Phi) is 5.49. The van der Waals surface area contributed by atoms with E-state index in [2.05, 4.69) is 12.2 Å². The van der Waals surface area contributed by atoms with E-state index in [0.717, 1.165) is 12.8 Å². The first-order valence-electron chi connectivity index (χ1n) is 5.87. The fourth-order valence-corrected chi connectivity index (χ4v) is 1.59. The highest BCUT2D eigenvalue weighted by Crippen LogP contribution is 2.11. The number of nitrogens with two attached hydrogens (primary N) is 1. The molecule has 0 bridgehead atoms. The molecule has 4 heteroatoms. The number of carbonyl (C=O) groups excluding carboxylic acids is 1. The normalized spacial score (nSPS) is 12.3. The fraction of sp³-hybridized carbons (Fsp3) is 0.462. The number of aryl methyl sites for hydroxylation is 1. The fourth-order valence-electron chi connectivity index (χ4n) is 1.59. The molecule has 0 saturated heterocycles. The summed E-state index contributed by atoms with van der Waals surface area (Å²) in [6.07, 6.45) is 2.32. The monoisotopic (exact) mass is 236 g/mol. The summed E-state index contributed by atoms with van der Waals surface area (Å²) in [7, 11) is 0. The number of aromatic hydroxyl groups is 1. The van der Waals surface area contributed by atoms with Gasteiger partial charge in [0.2, 0.25) is 5.91 Å². The minimum absolute atomic E-state index is 0.275. The van der Waals surface area contributed by atoms with E-state index in [-0.39, 0.29) is 5.91 Å². The molecule has 1 rings (SSSR count). The number of hydrogen-bond donors (Lipinski definition) is 3. The quantitative estimate of drug-likeness (QED) is 0.665. The molecule has 0 fully saturated rings. The van der Waals surface area contributed by atoms with Crippen LogP contribution in [0.25, 0.3) is 0 Å². The van der Waals surface area contributed by atoms with Crippen LogP contribution in [0.3, 0.4) is 0 Å². The molecule has 17 heavy (non-hydrogen) atoms. The summed E-state index contributed by atoms with van der Waals surface area (Å²) >= 11 is 0. The van der Waals surface area contributed by atoms with E-state index in [1.54, 1.807) is 12.1 Å². The largest absolute Gasteiger partial charge is 0.508 e. The standard InChI is InChI=1S/C13H20N2O2/c1-10(15-9-8-13(14)17)2-3-11-4-6-12(16)7-5-11/h4-7,10,15-16H,2-3,8-9H2,1H3,(H2,14,17). The minimum atomic E-state index is -0.275. The predicted molar refractivity (Wildman–Crippen MR) is 67.7 cm³/mol. The molecule has 1 atom stereocenters. The maximum atomic E-state index is 10.6. The van der Waals surface area contributed by atoms with Gasteiger partial charge in [-0.25, -0.2) is 0 Å². The van der Waals surface area contributed by atoms with Gasteiger partial charge in [-0.2, -0.15) is 0 Å². The Morgan fingerprint density at radius 1 is 1.41 bits per heavy atom. The number of primary amides is 1. The van der Waals surface area contributed by atoms with Crippen LogP contribution >= 0.6 is 0 Å². The second kappa shape index (κ2) is 6.91. The van der Waals surface area contributed by atoms with Gasteiger partial charge in [0.15, 0.2) is 0 Å². The van der Waals surface area contributed by atoms with Gasteiger partial charge < -0.3 is 16.2 Å². The van der Waals surface area contributed by atoms with Crippen LogP contribution in [0.4, 0.5) is 0 Å². The highest BCUT2D eigenvalue weighted by atomic mass is 16.3. The molecule has 0 aliphatic heterocycles. The lowest BCUT2D eigenvalue weighted by atomic mass is 10.1. The van der Waals surface area contributed by atoms with Gasteiger partial charge in [-0.3, -0.25) is 4.79 Å². The Morgan fingerprint density at radius 3 is 2.65 bits per heavy atom. The summed E-state index contributed by atoms with van der Waals surface area (Å²) in [6.45, 7) is 2.72. The zero-order valence-corrected chi connectivity index (χ0v) is 10.1. The molecule has 4 nitrogen and oxygen atoms in total. The molecular formula is C13H20N2O2. The van der Waals surface area contributed by atoms with Crippen LogP contribution in [-0.2, 0) is 11.2 Å². The maximum Gasteiger partial charge on any atom is 0.218 e. The lowest BCUT2D eigenvalue weighted by molar-refractivity contribution is -0.117. The van der Waals surface area contributed by atoms with Crippen LogP contribution in [0.15, 0.2) is 24.3 Å². The van der Waals surface area contributed by atoms with Gasteiger partial charge in [0.25, 0.3) is 0 Å². The third kappa shape index (κ3) is 5.92. The van der Waals surface area contributed by atoms with Crippen molar-refractivity contribution in [2.24, 2.45) is 5.73 Å². The number of phenolic OH excluding ortho intramolecular Hbond substituents is 1. The summed E-state index contributed by atoms with van der Waals surface area (Å²) in [5, 5.41) is 12.4. The molecule has 1 unspecified atom stereocenters. The second-order valence-corrected chi connectivity index (χ2v) is 4.28. The van der Waals surface area contributed by atoms with Gasteiger partial charge in [-0.15, -0.1) is 0 Å². The van der Waals surface area contributed by atoms with Gasteiger partial charge in [0, 0.05) is 19.0 Å². The number of carbonyl (C=O) groups is 1. The number of benzene rings is 1. The van der Waals surface area contributed by atoms with Crippen molar-refractivity contribution in [3.8, 4) is 5.75 Å². The van der Waals surface area contributed by atoms with E-state index >= 15 is 0 Å². The van der Waals surface area contributed by atoms with Crippen molar-refractivity contribution in [3.63, 3.8) is 0 Å².